The molecule has 1 aromatic heterocycles. The summed E-state index contributed by atoms with van der Waals surface area (Å²) in [6, 6.07) is 4.91. The van der Waals surface area contributed by atoms with Crippen molar-refractivity contribution in [2.45, 2.75) is 13.8 Å². The van der Waals surface area contributed by atoms with Gasteiger partial charge >= 0.3 is 11.9 Å². The van der Waals surface area contributed by atoms with Gasteiger partial charge in [0.15, 0.2) is 5.43 Å². The number of hydrogen-bond donors (Lipinski definition) is 1. The van der Waals surface area contributed by atoms with E-state index in [2.05, 4.69) is 10.1 Å². The fourth-order valence-electron chi connectivity index (χ4n) is 1.75. The van der Waals surface area contributed by atoms with Crippen LogP contribution in [0.2, 0.25) is 0 Å². The van der Waals surface area contributed by atoms with E-state index in [0.717, 1.165) is 22.3 Å². The fraction of sp³-hybridized carbons (Fsp3) is 0.214. The molecule has 1 aromatic carbocycles. The Kier molecular flexibility index (Phi) is 3.85. The second-order valence-corrected chi connectivity index (χ2v) is 5.53. The molecule has 0 fully saturated rings. The molecule has 2 aromatic rings. The molecule has 20 heavy (non-hydrogen) atoms. The maximum atomic E-state index is 12.1. The van der Waals surface area contributed by atoms with Crippen LogP contribution in [0.4, 0.5) is 5.69 Å². The third-order valence-electron chi connectivity index (χ3n) is 2.99. The number of aryl methyl sites for hydroxylation is 1. The van der Waals surface area contributed by atoms with E-state index in [4.69, 9.17) is 0 Å². The summed E-state index contributed by atoms with van der Waals surface area (Å²) in [5, 5.41) is 3.04. The zero-order valence-corrected chi connectivity index (χ0v) is 12.1. The lowest BCUT2D eigenvalue weighted by Gasteiger charge is -2.06. The van der Waals surface area contributed by atoms with Crippen molar-refractivity contribution in [1.82, 2.24) is 0 Å². The molecule has 104 valence electrons. The maximum absolute atomic E-state index is 12.1. The molecule has 0 aliphatic heterocycles. The zero-order valence-electron chi connectivity index (χ0n) is 11.3. The Morgan fingerprint density at radius 1 is 1.25 bits per heavy atom. The molecule has 6 heteroatoms. The van der Waals surface area contributed by atoms with Crippen molar-refractivity contribution in [2.75, 3.05) is 12.4 Å². The predicted octanol–water partition coefficient (Wildman–Crippen LogP) is 1.99. The molecule has 0 saturated carbocycles. The van der Waals surface area contributed by atoms with Gasteiger partial charge < -0.3 is 10.1 Å². The third kappa shape index (κ3) is 2.55. The molecule has 0 saturated heterocycles. The van der Waals surface area contributed by atoms with Gasteiger partial charge in [0.25, 0.3) is 0 Å². The quantitative estimate of drug-likeness (QED) is 0.644. The molecule has 0 radical (unpaired) electrons. The van der Waals surface area contributed by atoms with Gasteiger partial charge in [-0.1, -0.05) is 0 Å². The summed E-state index contributed by atoms with van der Waals surface area (Å²) in [4.78, 5) is 35.5. The van der Waals surface area contributed by atoms with Gasteiger partial charge in [-0.25, -0.2) is 4.79 Å². The third-order valence-corrected chi connectivity index (χ3v) is 4.16. The van der Waals surface area contributed by atoms with Crippen LogP contribution in [0, 0.1) is 13.8 Å². The van der Waals surface area contributed by atoms with Crippen LogP contribution in [0.15, 0.2) is 23.0 Å². The number of fused-ring (bicyclic) bond motifs is 1. The molecule has 0 aliphatic carbocycles. The average Bonchev–Trinajstić information content (AvgIpc) is 2.43. The number of esters is 1. The minimum Gasteiger partial charge on any atom is -0.462 e. The van der Waals surface area contributed by atoms with Crippen molar-refractivity contribution in [2.24, 2.45) is 0 Å². The van der Waals surface area contributed by atoms with E-state index < -0.39 is 11.9 Å². The van der Waals surface area contributed by atoms with Crippen LogP contribution in [0.25, 0.3) is 10.1 Å². The average molecular weight is 291 g/mol. The summed E-state index contributed by atoms with van der Waals surface area (Å²) in [6.45, 7) is 3.67. The van der Waals surface area contributed by atoms with Gasteiger partial charge in [-0.3, -0.25) is 9.59 Å². The van der Waals surface area contributed by atoms with E-state index in [0.29, 0.717) is 11.1 Å². The fourth-order valence-corrected chi connectivity index (χ4v) is 2.78. The summed E-state index contributed by atoms with van der Waals surface area (Å²) in [5.74, 6) is -1.80. The topological polar surface area (TPSA) is 72.5 Å². The number of carbonyl (C=O) groups excluding carboxylic acids is 2. The van der Waals surface area contributed by atoms with Crippen molar-refractivity contribution < 1.29 is 14.3 Å². The molecular formula is C14H13NO4S. The molecule has 0 bridgehead atoms. The minimum atomic E-state index is -0.960. The van der Waals surface area contributed by atoms with Crippen LogP contribution < -0.4 is 10.7 Å². The highest BCUT2D eigenvalue weighted by Crippen LogP contribution is 2.24. The summed E-state index contributed by atoms with van der Waals surface area (Å²) in [7, 11) is 1.14. The molecule has 5 nitrogen and oxygen atoms in total. The lowest BCUT2D eigenvalue weighted by atomic mass is 10.2. The number of benzene rings is 1. The van der Waals surface area contributed by atoms with Gasteiger partial charge in [-0.2, -0.15) is 0 Å². The van der Waals surface area contributed by atoms with Crippen molar-refractivity contribution in [1.29, 1.82) is 0 Å². The first-order valence-corrected chi connectivity index (χ1v) is 6.69. The summed E-state index contributed by atoms with van der Waals surface area (Å²) >= 11 is 1.47. The van der Waals surface area contributed by atoms with E-state index in [-0.39, 0.29) is 5.43 Å². The summed E-state index contributed by atoms with van der Waals surface area (Å²) in [5.41, 5.74) is 1.17. The van der Waals surface area contributed by atoms with E-state index in [1.54, 1.807) is 25.1 Å². The van der Waals surface area contributed by atoms with Crippen molar-refractivity contribution >= 4 is 39.0 Å². The number of ether oxygens (including phenoxy) is 1. The highest BCUT2D eigenvalue weighted by molar-refractivity contribution is 7.18. The number of hydrogen-bond acceptors (Lipinski definition) is 5. The Bertz CT molecular complexity index is 764. The Balaban J connectivity index is 2.45. The molecule has 1 amide bonds. The monoisotopic (exact) mass is 291 g/mol. The Morgan fingerprint density at radius 3 is 2.60 bits per heavy atom. The van der Waals surface area contributed by atoms with Gasteiger partial charge in [-0.15, -0.1) is 11.3 Å². The molecule has 0 spiro atoms. The Labute approximate surface area is 119 Å². The Hall–Kier alpha value is -2.21. The van der Waals surface area contributed by atoms with Crippen molar-refractivity contribution in [3.8, 4) is 0 Å². The predicted molar refractivity (Wildman–Crippen MR) is 78.2 cm³/mol. The number of amides is 1. The lowest BCUT2D eigenvalue weighted by Crippen LogP contribution is -2.23. The highest BCUT2D eigenvalue weighted by atomic mass is 32.1. The van der Waals surface area contributed by atoms with Crippen LogP contribution >= 0.6 is 11.3 Å². The first kappa shape index (κ1) is 14.2. The summed E-state index contributed by atoms with van der Waals surface area (Å²) in [6.07, 6.45) is 0. The van der Waals surface area contributed by atoms with E-state index in [1.807, 2.05) is 6.92 Å². The number of methoxy groups -OCH3 is 1. The number of anilines is 1. The molecule has 0 atom stereocenters. The van der Waals surface area contributed by atoms with Crippen LogP contribution in [0.3, 0.4) is 0 Å². The zero-order chi connectivity index (χ0) is 14.9. The van der Waals surface area contributed by atoms with Crippen molar-refractivity contribution in [3.63, 3.8) is 0 Å². The first-order valence-electron chi connectivity index (χ1n) is 5.87. The highest BCUT2D eigenvalue weighted by Gasteiger charge is 2.14. The second kappa shape index (κ2) is 5.42. The van der Waals surface area contributed by atoms with E-state index >= 15 is 0 Å². The van der Waals surface area contributed by atoms with Gasteiger partial charge in [0.05, 0.1) is 7.11 Å². The van der Waals surface area contributed by atoms with Crippen LogP contribution in [0.5, 0.6) is 0 Å². The summed E-state index contributed by atoms with van der Waals surface area (Å²) < 4.78 is 5.09. The SMILES string of the molecule is COC(=O)C(=O)Nc1ccc2c(=O)c(C)c(C)sc2c1. The molecule has 2 rings (SSSR count). The normalized spacial score (nSPS) is 10.3. The smallest absolute Gasteiger partial charge is 0.396 e. The standard InChI is InChI=1S/C14H13NO4S/c1-7-8(2)20-11-6-9(4-5-10(11)12(7)16)15-13(17)14(18)19-3/h4-6H,1-3H3,(H,15,17). The van der Waals surface area contributed by atoms with Crippen LogP contribution in [-0.4, -0.2) is 19.0 Å². The number of carbonyl (C=O) groups is 2. The lowest BCUT2D eigenvalue weighted by molar-refractivity contribution is -0.150. The van der Waals surface area contributed by atoms with E-state index in [1.165, 1.54) is 11.3 Å². The molecule has 1 heterocycles. The molecular weight excluding hydrogens is 278 g/mol. The van der Waals surface area contributed by atoms with Gasteiger partial charge in [0.2, 0.25) is 0 Å². The molecule has 1 N–H and O–H groups in total. The first-order chi connectivity index (χ1) is 9.43. The van der Waals surface area contributed by atoms with E-state index in [9.17, 15) is 14.4 Å². The largest absolute Gasteiger partial charge is 0.462 e. The van der Waals surface area contributed by atoms with Gasteiger partial charge in [0.1, 0.15) is 0 Å². The molecule has 0 unspecified atom stereocenters. The number of nitrogens with one attached hydrogen (secondary N) is 1. The maximum Gasteiger partial charge on any atom is 0.396 e. The van der Waals surface area contributed by atoms with Gasteiger partial charge in [0, 0.05) is 26.2 Å². The van der Waals surface area contributed by atoms with Crippen molar-refractivity contribution in [3.05, 3.63) is 38.9 Å². The number of rotatable bonds is 1. The second-order valence-electron chi connectivity index (χ2n) is 4.27. The van der Waals surface area contributed by atoms with Gasteiger partial charge in [-0.05, 0) is 32.0 Å². The Morgan fingerprint density at radius 2 is 1.95 bits per heavy atom. The van der Waals surface area contributed by atoms with Crippen LogP contribution in [-0.2, 0) is 14.3 Å². The minimum absolute atomic E-state index is 0.0119. The van der Waals surface area contributed by atoms with Crippen LogP contribution in [0.1, 0.15) is 10.4 Å². The molecule has 0 aliphatic rings.